The largest absolute Gasteiger partial charge is 0.392 e. The van der Waals surface area contributed by atoms with Gasteiger partial charge in [0.1, 0.15) is 0 Å². The normalized spacial score (nSPS) is 30.2. The van der Waals surface area contributed by atoms with Gasteiger partial charge in [0.15, 0.2) is 0 Å². The Bertz CT molecular complexity index is 169. The van der Waals surface area contributed by atoms with Gasteiger partial charge < -0.3 is 13.8 Å². The van der Waals surface area contributed by atoms with Gasteiger partial charge in [-0.3, -0.25) is 0 Å². The second-order valence-electron chi connectivity index (χ2n) is 4.54. The van der Waals surface area contributed by atoms with Crippen LogP contribution in [-0.2, 0) is 8.85 Å². The molecule has 15 heavy (non-hydrogen) atoms. The molecule has 1 rings (SSSR count). The molecule has 92 valence electrons. The fourth-order valence-electron chi connectivity index (χ4n) is 1.32. The zero-order valence-corrected chi connectivity index (χ0v) is 12.5. The first-order valence-electron chi connectivity index (χ1n) is 5.43. The van der Waals surface area contributed by atoms with Crippen molar-refractivity contribution in [2.75, 3.05) is 33.5 Å². The van der Waals surface area contributed by atoms with Gasteiger partial charge in [0.25, 0.3) is 0 Å². The molecule has 0 N–H and O–H groups in total. The van der Waals surface area contributed by atoms with Gasteiger partial charge in [0, 0.05) is 0 Å². The summed E-state index contributed by atoms with van der Waals surface area (Å²) in [4.78, 5) is 2.00. The van der Waals surface area contributed by atoms with E-state index in [1.54, 1.807) is 0 Å². The van der Waals surface area contributed by atoms with Crippen molar-refractivity contribution < 1.29 is 8.85 Å². The van der Waals surface area contributed by atoms with Gasteiger partial charge in [-0.05, 0) is 52.8 Å². The van der Waals surface area contributed by atoms with E-state index in [-0.39, 0.29) is 0 Å². The van der Waals surface area contributed by atoms with E-state index in [1.165, 1.54) is 0 Å². The van der Waals surface area contributed by atoms with Crippen molar-refractivity contribution in [3.63, 3.8) is 0 Å². The van der Waals surface area contributed by atoms with Crippen LogP contribution in [0, 0.1) is 0 Å². The van der Waals surface area contributed by atoms with Gasteiger partial charge in [0.05, 0.1) is 12.7 Å². The second kappa shape index (κ2) is 7.68. The van der Waals surface area contributed by atoms with E-state index in [0.29, 0.717) is 6.10 Å². The minimum Gasteiger partial charge on any atom is -0.392 e. The molecule has 0 aromatic carbocycles. The first-order valence-corrected chi connectivity index (χ1v) is 8.59. The van der Waals surface area contributed by atoms with E-state index >= 15 is 0 Å². The molecular formula is C10H25NO2SSi. The lowest BCUT2D eigenvalue weighted by Crippen LogP contribution is -2.32. The van der Waals surface area contributed by atoms with Crippen molar-refractivity contribution in [3.8, 4) is 0 Å². The fraction of sp³-hybridized carbons (Fsp3) is 1.00. The van der Waals surface area contributed by atoms with Crippen molar-refractivity contribution in [2.24, 2.45) is 0 Å². The lowest BCUT2D eigenvalue weighted by Gasteiger charge is -2.18. The summed E-state index contributed by atoms with van der Waals surface area (Å²) in [6.45, 7) is 4.99. The lowest BCUT2D eigenvalue weighted by molar-refractivity contribution is 0.251. The van der Waals surface area contributed by atoms with Gasteiger partial charge in [-0.25, -0.2) is 0 Å². The van der Waals surface area contributed by atoms with Crippen molar-refractivity contribution >= 4 is 21.2 Å². The molecule has 0 radical (unpaired) electrons. The maximum absolute atomic E-state index is 5.73. The molecule has 0 bridgehead atoms. The molecule has 0 aromatic rings. The predicted octanol–water partition coefficient (Wildman–Crippen LogP) is 1.99. The number of rotatable bonds is 3. The third-order valence-electron chi connectivity index (χ3n) is 1.86. The Morgan fingerprint density at radius 3 is 2.27 bits per heavy atom. The molecule has 0 spiro atoms. The smallest absolute Gasteiger partial charge is 0.335 e. The zero-order chi connectivity index (χ0) is 11.9. The molecule has 0 amide bonds. The fourth-order valence-corrected chi connectivity index (χ4v) is 4.43. The van der Waals surface area contributed by atoms with E-state index in [1.807, 2.05) is 26.0 Å². The SMILES string of the molecule is CC1CO[Si](C)(CCCS)O1.CN(C)C. The molecule has 3 nitrogen and oxygen atoms in total. The number of nitrogens with zero attached hydrogens (tertiary/aromatic N) is 1. The maximum Gasteiger partial charge on any atom is 0.335 e. The highest BCUT2D eigenvalue weighted by molar-refractivity contribution is 7.80. The van der Waals surface area contributed by atoms with Crippen LogP contribution in [0.5, 0.6) is 0 Å². The summed E-state index contributed by atoms with van der Waals surface area (Å²) in [6, 6.07) is 1.08. The third-order valence-corrected chi connectivity index (χ3v) is 5.12. The summed E-state index contributed by atoms with van der Waals surface area (Å²) >= 11 is 4.16. The van der Waals surface area contributed by atoms with Crippen LogP contribution in [0.4, 0.5) is 0 Å². The Balaban J connectivity index is 0.000000423. The van der Waals surface area contributed by atoms with Gasteiger partial charge in [-0.1, -0.05) is 0 Å². The van der Waals surface area contributed by atoms with Crippen molar-refractivity contribution in [1.29, 1.82) is 0 Å². The summed E-state index contributed by atoms with van der Waals surface area (Å²) < 4.78 is 11.4. The number of hydrogen-bond acceptors (Lipinski definition) is 4. The van der Waals surface area contributed by atoms with Gasteiger partial charge in [-0.2, -0.15) is 12.6 Å². The molecule has 1 aliphatic rings. The summed E-state index contributed by atoms with van der Waals surface area (Å²) in [5.41, 5.74) is 0. The quantitative estimate of drug-likeness (QED) is 0.612. The molecule has 0 aliphatic carbocycles. The highest BCUT2D eigenvalue weighted by Crippen LogP contribution is 2.24. The Morgan fingerprint density at radius 1 is 1.40 bits per heavy atom. The Labute approximate surface area is 101 Å². The molecule has 1 fully saturated rings. The minimum atomic E-state index is -1.72. The topological polar surface area (TPSA) is 21.7 Å². The molecule has 2 unspecified atom stereocenters. The van der Waals surface area contributed by atoms with Crippen LogP contribution in [0.2, 0.25) is 12.6 Å². The molecule has 5 heteroatoms. The van der Waals surface area contributed by atoms with E-state index in [4.69, 9.17) is 8.85 Å². The Morgan fingerprint density at radius 2 is 1.93 bits per heavy atom. The van der Waals surface area contributed by atoms with Crippen molar-refractivity contribution in [2.45, 2.75) is 32.0 Å². The van der Waals surface area contributed by atoms with Crippen LogP contribution in [0.25, 0.3) is 0 Å². The van der Waals surface area contributed by atoms with Crippen LogP contribution >= 0.6 is 12.6 Å². The molecule has 1 heterocycles. The van der Waals surface area contributed by atoms with Crippen LogP contribution in [0.3, 0.4) is 0 Å². The predicted molar refractivity (Wildman–Crippen MR) is 71.0 cm³/mol. The summed E-state index contributed by atoms with van der Waals surface area (Å²) in [5.74, 6) is 0.934. The Kier molecular flexibility index (Phi) is 7.91. The van der Waals surface area contributed by atoms with Crippen LogP contribution < -0.4 is 0 Å². The maximum atomic E-state index is 5.73. The van der Waals surface area contributed by atoms with Crippen molar-refractivity contribution in [1.82, 2.24) is 4.90 Å². The Hall–Kier alpha value is 0.447. The average molecular weight is 251 g/mol. The summed E-state index contributed by atoms with van der Waals surface area (Å²) in [5, 5.41) is 0. The van der Waals surface area contributed by atoms with Crippen LogP contribution in [0.1, 0.15) is 13.3 Å². The first kappa shape index (κ1) is 15.4. The van der Waals surface area contributed by atoms with Gasteiger partial charge in [-0.15, -0.1) is 0 Å². The summed E-state index contributed by atoms with van der Waals surface area (Å²) in [6.07, 6.45) is 1.42. The van der Waals surface area contributed by atoms with E-state index < -0.39 is 8.56 Å². The zero-order valence-electron chi connectivity index (χ0n) is 10.6. The number of thiol groups is 1. The highest BCUT2D eigenvalue weighted by Gasteiger charge is 2.38. The monoisotopic (exact) mass is 251 g/mol. The standard InChI is InChI=1S/C7H16O2SSi.C3H9N/c1-7-6-8-11(2,9-7)5-3-4-10;1-4(2)3/h7,10H,3-6H2,1-2H3;1-3H3. The van der Waals surface area contributed by atoms with Crippen molar-refractivity contribution in [3.05, 3.63) is 0 Å². The second-order valence-corrected chi connectivity index (χ2v) is 8.28. The lowest BCUT2D eigenvalue weighted by atomic mass is 10.5. The molecule has 0 saturated carbocycles. The molecule has 1 aliphatic heterocycles. The van der Waals surface area contributed by atoms with Crippen LogP contribution in [0.15, 0.2) is 0 Å². The third kappa shape index (κ3) is 8.27. The highest BCUT2D eigenvalue weighted by atomic mass is 32.1. The molecular weight excluding hydrogens is 226 g/mol. The average Bonchev–Trinajstić information content (AvgIpc) is 2.43. The molecule has 2 atom stereocenters. The van der Waals surface area contributed by atoms with Crippen LogP contribution in [-0.4, -0.2) is 53.1 Å². The van der Waals surface area contributed by atoms with E-state index in [9.17, 15) is 0 Å². The molecule has 1 saturated heterocycles. The summed E-state index contributed by atoms with van der Waals surface area (Å²) in [7, 11) is 4.28. The van der Waals surface area contributed by atoms with Gasteiger partial charge in [0.2, 0.25) is 0 Å². The first-order chi connectivity index (χ1) is 6.89. The van der Waals surface area contributed by atoms with E-state index in [0.717, 1.165) is 24.8 Å². The van der Waals surface area contributed by atoms with Gasteiger partial charge >= 0.3 is 8.56 Å². The minimum absolute atomic E-state index is 0.312. The molecule has 0 aromatic heterocycles. The number of hydrogen-bond donors (Lipinski definition) is 1. The van der Waals surface area contributed by atoms with E-state index in [2.05, 4.69) is 26.1 Å².